The van der Waals surface area contributed by atoms with Crippen LogP contribution in [0, 0.1) is 6.92 Å². The minimum atomic E-state index is -3.61. The Balaban J connectivity index is 1.83. The van der Waals surface area contributed by atoms with Crippen molar-refractivity contribution in [3.05, 3.63) is 27.3 Å². The Morgan fingerprint density at radius 3 is 2.83 bits per heavy atom. The van der Waals surface area contributed by atoms with E-state index >= 15 is 0 Å². The summed E-state index contributed by atoms with van der Waals surface area (Å²) in [6.07, 6.45) is 4.44. The van der Waals surface area contributed by atoms with Crippen molar-refractivity contribution in [2.75, 3.05) is 0 Å². The maximum Gasteiger partial charge on any atom is 0.258 e. The van der Waals surface area contributed by atoms with Gasteiger partial charge in [0.25, 0.3) is 10.0 Å². The summed E-state index contributed by atoms with van der Waals surface area (Å²) in [5.41, 5.74) is 1.85. The molecule has 1 unspecified atom stereocenters. The zero-order chi connectivity index (χ0) is 16.6. The third kappa shape index (κ3) is 3.34. The van der Waals surface area contributed by atoms with Gasteiger partial charge in [0.2, 0.25) is 0 Å². The molecule has 0 spiro atoms. The maximum absolute atomic E-state index is 12.7. The maximum atomic E-state index is 12.7. The highest BCUT2D eigenvalue weighted by atomic mass is 32.2. The number of fused-ring (bicyclic) bond motifs is 1. The molecule has 2 aromatic heterocycles. The molecule has 1 N–H and O–H groups in total. The van der Waals surface area contributed by atoms with Gasteiger partial charge in [-0.3, -0.25) is 4.68 Å². The smallest absolute Gasteiger partial charge is 0.253 e. The Hall–Kier alpha value is -1.25. The van der Waals surface area contributed by atoms with Crippen molar-refractivity contribution < 1.29 is 8.42 Å². The molecule has 0 amide bonds. The molecule has 0 aliphatic heterocycles. The monoisotopic (exact) mass is 354 g/mol. The van der Waals surface area contributed by atoms with Crippen LogP contribution in [0.2, 0.25) is 0 Å². The summed E-state index contributed by atoms with van der Waals surface area (Å²) in [7, 11) is -3.61. The van der Waals surface area contributed by atoms with Gasteiger partial charge in [-0.05, 0) is 52.5 Å². The Morgan fingerprint density at radius 2 is 2.13 bits per heavy atom. The summed E-state index contributed by atoms with van der Waals surface area (Å²) >= 11 is 1.63. The van der Waals surface area contributed by atoms with Gasteiger partial charge in [0.05, 0.1) is 17.4 Å². The second kappa shape index (κ2) is 6.33. The van der Waals surface area contributed by atoms with Crippen molar-refractivity contribution in [1.82, 2.24) is 19.5 Å². The highest BCUT2D eigenvalue weighted by Crippen LogP contribution is 2.30. The first-order valence-electron chi connectivity index (χ1n) is 7.96. The molecule has 0 saturated carbocycles. The van der Waals surface area contributed by atoms with Crippen molar-refractivity contribution in [3.8, 4) is 0 Å². The van der Waals surface area contributed by atoms with Gasteiger partial charge in [-0.15, -0.1) is 11.3 Å². The highest BCUT2D eigenvalue weighted by Gasteiger charge is 2.25. The summed E-state index contributed by atoms with van der Waals surface area (Å²) < 4.78 is 29.6. The van der Waals surface area contributed by atoms with Crippen LogP contribution in [-0.2, 0) is 29.4 Å². The van der Waals surface area contributed by atoms with Crippen LogP contribution in [0.4, 0.5) is 0 Å². The molecule has 0 radical (unpaired) electrons. The largest absolute Gasteiger partial charge is 0.258 e. The summed E-state index contributed by atoms with van der Waals surface area (Å²) in [6, 6.07) is 1.27. The molecule has 1 aliphatic carbocycles. The van der Waals surface area contributed by atoms with E-state index in [1.54, 1.807) is 24.3 Å². The fraction of sp³-hybridized carbons (Fsp3) is 0.600. The van der Waals surface area contributed by atoms with E-state index in [1.165, 1.54) is 22.4 Å². The molecule has 6 nitrogen and oxygen atoms in total. The van der Waals surface area contributed by atoms with Crippen molar-refractivity contribution in [2.45, 2.75) is 64.1 Å². The molecular formula is C15H22N4O2S2. The zero-order valence-corrected chi connectivity index (χ0v) is 15.3. The lowest BCUT2D eigenvalue weighted by Crippen LogP contribution is -2.28. The number of nitrogens with one attached hydrogen (secondary N) is 1. The van der Waals surface area contributed by atoms with Crippen LogP contribution >= 0.6 is 11.3 Å². The fourth-order valence-corrected chi connectivity index (χ4v) is 5.57. The van der Waals surface area contributed by atoms with Gasteiger partial charge in [-0.1, -0.05) is 0 Å². The lowest BCUT2D eigenvalue weighted by molar-refractivity contribution is 0.533. The number of nitrogens with zero attached hydrogens (tertiary/aromatic N) is 3. The van der Waals surface area contributed by atoms with E-state index in [1.807, 2.05) is 13.8 Å². The molecular weight excluding hydrogens is 332 g/mol. The average molecular weight is 355 g/mol. The van der Waals surface area contributed by atoms with Crippen molar-refractivity contribution in [1.29, 1.82) is 0 Å². The van der Waals surface area contributed by atoms with Crippen molar-refractivity contribution in [3.63, 3.8) is 0 Å². The lowest BCUT2D eigenvalue weighted by Gasteiger charge is -2.12. The van der Waals surface area contributed by atoms with Gasteiger partial charge in [-0.25, -0.2) is 18.1 Å². The van der Waals surface area contributed by atoms with Gasteiger partial charge in [0.15, 0.2) is 5.03 Å². The predicted octanol–water partition coefficient (Wildman–Crippen LogP) is 2.59. The number of hydrogen-bond acceptors (Lipinski definition) is 5. The fourth-order valence-electron chi connectivity index (χ4n) is 2.87. The minimum absolute atomic E-state index is 0.214. The molecule has 2 heterocycles. The molecule has 0 saturated heterocycles. The average Bonchev–Trinajstić information content (AvgIpc) is 3.10. The summed E-state index contributed by atoms with van der Waals surface area (Å²) in [6.45, 7) is 6.04. The van der Waals surface area contributed by atoms with Crippen LogP contribution in [-0.4, -0.2) is 23.2 Å². The SMILES string of the molecule is CCn1nc(C)cc1S(=O)(=O)NC(C)c1nc2c(s1)CCCC2. The molecule has 1 aliphatic rings. The number of hydrogen-bond donors (Lipinski definition) is 1. The Labute approximate surface area is 141 Å². The third-order valence-corrected chi connectivity index (χ3v) is 6.89. The number of aromatic nitrogens is 3. The van der Waals surface area contributed by atoms with Crippen molar-refractivity contribution in [2.24, 2.45) is 0 Å². The van der Waals surface area contributed by atoms with E-state index < -0.39 is 10.0 Å². The topological polar surface area (TPSA) is 76.9 Å². The van der Waals surface area contributed by atoms with Gasteiger partial charge in [-0.2, -0.15) is 5.10 Å². The molecule has 0 bridgehead atoms. The normalized spacial score (nSPS) is 16.3. The Kier molecular flexibility index (Phi) is 4.57. The van der Waals surface area contributed by atoms with Crippen LogP contribution in [0.25, 0.3) is 0 Å². The van der Waals surface area contributed by atoms with E-state index in [0.717, 1.165) is 23.5 Å². The first-order chi connectivity index (χ1) is 10.9. The number of aryl methyl sites for hydroxylation is 4. The van der Waals surface area contributed by atoms with Gasteiger partial charge < -0.3 is 0 Å². The van der Waals surface area contributed by atoms with E-state index in [4.69, 9.17) is 0 Å². The molecule has 126 valence electrons. The second-order valence-electron chi connectivity index (χ2n) is 5.91. The van der Waals surface area contributed by atoms with E-state index in [2.05, 4.69) is 14.8 Å². The first kappa shape index (κ1) is 16.6. The van der Waals surface area contributed by atoms with Gasteiger partial charge in [0, 0.05) is 11.4 Å². The van der Waals surface area contributed by atoms with Crippen LogP contribution < -0.4 is 4.72 Å². The minimum Gasteiger partial charge on any atom is -0.253 e. The summed E-state index contributed by atoms with van der Waals surface area (Å²) in [5.74, 6) is 0. The summed E-state index contributed by atoms with van der Waals surface area (Å²) in [4.78, 5) is 5.96. The molecule has 0 fully saturated rings. The van der Waals surface area contributed by atoms with Crippen molar-refractivity contribution >= 4 is 21.4 Å². The number of thiazole rings is 1. The van der Waals surface area contributed by atoms with Crippen LogP contribution in [0.1, 0.15) is 54.0 Å². The number of rotatable bonds is 5. The van der Waals surface area contributed by atoms with E-state index in [0.29, 0.717) is 12.2 Å². The standard InChI is InChI=1S/C15H22N4O2S2/c1-4-19-14(9-10(2)17-19)23(20,21)18-11(3)15-16-12-7-5-6-8-13(12)22-15/h9,11,18H,4-8H2,1-3H3. The van der Waals surface area contributed by atoms with Gasteiger partial charge >= 0.3 is 0 Å². The second-order valence-corrected chi connectivity index (χ2v) is 8.69. The zero-order valence-electron chi connectivity index (χ0n) is 13.7. The molecule has 23 heavy (non-hydrogen) atoms. The Morgan fingerprint density at radius 1 is 1.39 bits per heavy atom. The van der Waals surface area contributed by atoms with Crippen LogP contribution in [0.3, 0.4) is 0 Å². The molecule has 1 atom stereocenters. The number of sulfonamides is 1. The lowest BCUT2D eigenvalue weighted by atomic mass is 10.0. The van der Waals surface area contributed by atoms with Crippen LogP contribution in [0.5, 0.6) is 0 Å². The van der Waals surface area contributed by atoms with Gasteiger partial charge in [0.1, 0.15) is 5.01 Å². The summed E-state index contributed by atoms with van der Waals surface area (Å²) in [5, 5.41) is 5.27. The molecule has 8 heteroatoms. The third-order valence-electron chi connectivity index (χ3n) is 4.00. The molecule has 3 rings (SSSR count). The first-order valence-corrected chi connectivity index (χ1v) is 10.3. The predicted molar refractivity (Wildman–Crippen MR) is 90.1 cm³/mol. The quantitative estimate of drug-likeness (QED) is 0.895. The van der Waals surface area contributed by atoms with E-state index in [-0.39, 0.29) is 11.1 Å². The highest BCUT2D eigenvalue weighted by molar-refractivity contribution is 7.89. The van der Waals surface area contributed by atoms with E-state index in [9.17, 15) is 8.42 Å². The molecule has 0 aromatic carbocycles. The Bertz CT molecular complexity index is 784. The molecule has 2 aromatic rings. The van der Waals surface area contributed by atoms with Crippen LogP contribution in [0.15, 0.2) is 11.1 Å².